The van der Waals surface area contributed by atoms with Gasteiger partial charge in [-0.25, -0.2) is 4.79 Å². The van der Waals surface area contributed by atoms with Crippen molar-refractivity contribution in [2.24, 2.45) is 0 Å². The van der Waals surface area contributed by atoms with E-state index in [1.165, 1.54) is 4.57 Å². The molecule has 50 heavy (non-hydrogen) atoms. The summed E-state index contributed by atoms with van der Waals surface area (Å²) in [4.78, 5) is 53.4. The number of pyridine rings is 1. The predicted molar refractivity (Wildman–Crippen MR) is 193 cm³/mol. The number of amides is 2. The normalized spacial score (nSPS) is 12.1. The molecule has 1 atom stereocenters. The minimum absolute atomic E-state index is 0.0167. The van der Waals surface area contributed by atoms with Crippen molar-refractivity contribution in [3.05, 3.63) is 129 Å². The van der Waals surface area contributed by atoms with E-state index in [1.807, 2.05) is 88.4 Å². The van der Waals surface area contributed by atoms with E-state index in [2.05, 4.69) is 10.6 Å². The van der Waals surface area contributed by atoms with Crippen molar-refractivity contribution < 1.29 is 28.6 Å². The van der Waals surface area contributed by atoms with Crippen LogP contribution in [-0.4, -0.2) is 41.3 Å². The Bertz CT molecular complexity index is 1870. The van der Waals surface area contributed by atoms with Gasteiger partial charge in [0.15, 0.2) is 0 Å². The highest BCUT2D eigenvalue weighted by Gasteiger charge is 2.34. The number of alkyl carbamates (subject to hydrolysis) is 1. The number of hydrogen-bond acceptors (Lipinski definition) is 7. The maximum absolute atomic E-state index is 13.9. The van der Waals surface area contributed by atoms with Crippen molar-refractivity contribution in [1.82, 2.24) is 9.88 Å². The smallest absolute Gasteiger partial charge is 0.408 e. The topological polar surface area (TPSA) is 125 Å². The van der Waals surface area contributed by atoms with Crippen LogP contribution in [0.15, 0.2) is 89.9 Å². The van der Waals surface area contributed by atoms with Crippen LogP contribution in [0.25, 0.3) is 0 Å². The maximum atomic E-state index is 13.9. The van der Waals surface area contributed by atoms with E-state index < -0.39 is 29.1 Å². The Balaban J connectivity index is 1.57. The van der Waals surface area contributed by atoms with Crippen molar-refractivity contribution in [2.75, 3.05) is 12.4 Å². The first-order chi connectivity index (χ1) is 23.6. The van der Waals surface area contributed by atoms with Crippen LogP contribution >= 0.6 is 0 Å². The molecule has 0 saturated heterocycles. The van der Waals surface area contributed by atoms with E-state index in [1.54, 1.807) is 52.3 Å². The second kappa shape index (κ2) is 15.9. The number of nitrogens with one attached hydrogen (secondary N) is 2. The third-order valence-corrected chi connectivity index (χ3v) is 8.28. The summed E-state index contributed by atoms with van der Waals surface area (Å²) in [6.07, 6.45) is 0.989. The molecule has 2 amide bonds. The lowest BCUT2D eigenvalue weighted by Gasteiger charge is -2.29. The van der Waals surface area contributed by atoms with Crippen LogP contribution in [0.5, 0.6) is 5.75 Å². The van der Waals surface area contributed by atoms with Gasteiger partial charge in [0.05, 0.1) is 19.1 Å². The van der Waals surface area contributed by atoms with E-state index >= 15 is 0 Å². The molecular weight excluding hydrogens is 634 g/mol. The maximum Gasteiger partial charge on any atom is 0.408 e. The summed E-state index contributed by atoms with van der Waals surface area (Å²) < 4.78 is 17.9. The molecule has 0 radical (unpaired) electrons. The quantitative estimate of drug-likeness (QED) is 0.161. The predicted octanol–water partition coefficient (Wildman–Crippen LogP) is 6.62. The SMILES string of the molecule is COc1ccc(Cn2ccc(C)c(NC(=O)[C@@H](Cc3ccc(C(C)(C)C(=O)OC(C)(C)C)cc3)NC(=O)OCc3ccccc3)c2=O)cc1C. The van der Waals surface area contributed by atoms with Crippen LogP contribution in [0, 0.1) is 13.8 Å². The van der Waals surface area contributed by atoms with Crippen LogP contribution in [0.1, 0.15) is 68.0 Å². The highest BCUT2D eigenvalue weighted by molar-refractivity contribution is 5.97. The van der Waals surface area contributed by atoms with E-state index in [0.29, 0.717) is 11.1 Å². The van der Waals surface area contributed by atoms with Gasteiger partial charge in [-0.2, -0.15) is 0 Å². The van der Waals surface area contributed by atoms with Gasteiger partial charge < -0.3 is 29.4 Å². The Labute approximate surface area is 293 Å². The van der Waals surface area contributed by atoms with Crippen molar-refractivity contribution >= 4 is 23.7 Å². The zero-order valence-electron chi connectivity index (χ0n) is 30.1. The summed E-state index contributed by atoms with van der Waals surface area (Å²) in [6, 6.07) is 22.8. The second-order valence-electron chi connectivity index (χ2n) is 13.9. The molecule has 0 aliphatic heterocycles. The Morgan fingerprint density at radius 2 is 1.48 bits per heavy atom. The number of hydrogen-bond donors (Lipinski definition) is 2. The number of carbonyl (C=O) groups excluding carboxylic acids is 3. The van der Waals surface area contributed by atoms with Crippen LogP contribution in [0.3, 0.4) is 0 Å². The van der Waals surface area contributed by atoms with Crippen molar-refractivity contribution in [3.8, 4) is 5.75 Å². The van der Waals surface area contributed by atoms with Gasteiger partial charge in [0.1, 0.15) is 29.7 Å². The van der Waals surface area contributed by atoms with Crippen molar-refractivity contribution in [3.63, 3.8) is 0 Å². The minimum Gasteiger partial charge on any atom is -0.496 e. The minimum atomic E-state index is -1.10. The fraction of sp³-hybridized carbons (Fsp3) is 0.350. The molecule has 264 valence electrons. The van der Waals surface area contributed by atoms with E-state index in [4.69, 9.17) is 14.2 Å². The number of rotatable bonds is 12. The molecule has 0 aliphatic rings. The second-order valence-corrected chi connectivity index (χ2v) is 13.9. The molecule has 3 aromatic carbocycles. The molecular formula is C40H47N3O7. The number of carbonyl (C=O) groups is 3. The summed E-state index contributed by atoms with van der Waals surface area (Å²) in [6.45, 7) is 13.0. The highest BCUT2D eigenvalue weighted by atomic mass is 16.6. The molecule has 0 spiro atoms. The average Bonchev–Trinajstić information content (AvgIpc) is 3.06. The number of methoxy groups -OCH3 is 1. The fourth-order valence-corrected chi connectivity index (χ4v) is 5.32. The number of benzene rings is 3. The summed E-state index contributed by atoms with van der Waals surface area (Å²) in [7, 11) is 1.61. The average molecular weight is 682 g/mol. The summed E-state index contributed by atoms with van der Waals surface area (Å²) in [5.74, 6) is -0.193. The van der Waals surface area contributed by atoms with Crippen molar-refractivity contribution in [1.29, 1.82) is 0 Å². The van der Waals surface area contributed by atoms with Gasteiger partial charge >= 0.3 is 12.1 Å². The molecule has 4 aromatic rings. The van der Waals surface area contributed by atoms with Crippen LogP contribution in [0.4, 0.5) is 10.5 Å². The summed E-state index contributed by atoms with van der Waals surface area (Å²) in [5.41, 5.74) is 2.83. The monoisotopic (exact) mass is 681 g/mol. The van der Waals surface area contributed by atoms with Gasteiger partial charge in [0.2, 0.25) is 5.91 Å². The van der Waals surface area contributed by atoms with Crippen LogP contribution in [0.2, 0.25) is 0 Å². The first-order valence-corrected chi connectivity index (χ1v) is 16.5. The summed E-state index contributed by atoms with van der Waals surface area (Å²) >= 11 is 0. The van der Waals surface area contributed by atoms with Gasteiger partial charge in [-0.1, -0.05) is 66.7 Å². The number of aryl methyl sites for hydroxylation is 2. The first-order valence-electron chi connectivity index (χ1n) is 16.5. The number of ether oxygens (including phenoxy) is 3. The fourth-order valence-electron chi connectivity index (χ4n) is 5.32. The number of anilines is 1. The third kappa shape index (κ3) is 9.84. The van der Waals surface area contributed by atoms with Gasteiger partial charge in [0.25, 0.3) is 5.56 Å². The number of esters is 1. The van der Waals surface area contributed by atoms with E-state index in [0.717, 1.165) is 28.0 Å². The molecule has 2 N–H and O–H groups in total. The Kier molecular flexibility index (Phi) is 11.9. The van der Waals surface area contributed by atoms with Crippen LogP contribution in [-0.2, 0) is 44.1 Å². The van der Waals surface area contributed by atoms with Gasteiger partial charge in [-0.05, 0) is 94.0 Å². The van der Waals surface area contributed by atoms with E-state index in [9.17, 15) is 19.2 Å². The molecule has 4 rings (SSSR count). The Morgan fingerprint density at radius 3 is 2.10 bits per heavy atom. The van der Waals surface area contributed by atoms with E-state index in [-0.39, 0.29) is 36.8 Å². The van der Waals surface area contributed by atoms with Gasteiger partial charge in [-0.15, -0.1) is 0 Å². The molecule has 1 heterocycles. The molecule has 0 aliphatic carbocycles. The molecule has 0 fully saturated rings. The molecule has 1 aromatic heterocycles. The highest BCUT2D eigenvalue weighted by Crippen LogP contribution is 2.28. The molecule has 10 nitrogen and oxygen atoms in total. The van der Waals surface area contributed by atoms with Crippen molar-refractivity contribution in [2.45, 2.75) is 85.1 Å². The Hall–Kier alpha value is -5.38. The lowest BCUT2D eigenvalue weighted by atomic mass is 9.84. The van der Waals surface area contributed by atoms with Gasteiger partial charge in [0, 0.05) is 12.6 Å². The number of nitrogens with zero attached hydrogens (tertiary/aromatic N) is 1. The zero-order chi connectivity index (χ0) is 36.6. The standard InChI is InChI=1S/C40H47N3O7/c1-26-20-21-43(24-30-16-19-33(48-8)27(2)22-30)36(45)34(26)42-35(44)32(41-38(47)49-25-29-12-10-9-11-13-29)23-28-14-17-31(18-15-28)40(6,7)37(46)50-39(3,4)5/h9-22,32H,23-25H2,1-8H3,(H,41,47)(H,42,44)/t32-/m1/s1. The first kappa shape index (κ1) is 37.4. The molecule has 0 saturated carbocycles. The summed E-state index contributed by atoms with van der Waals surface area (Å²) in [5, 5.41) is 5.47. The van der Waals surface area contributed by atoms with Crippen LogP contribution < -0.4 is 20.9 Å². The third-order valence-electron chi connectivity index (χ3n) is 8.28. The molecule has 10 heteroatoms. The zero-order valence-corrected chi connectivity index (χ0v) is 30.1. The molecule has 0 unspecified atom stereocenters. The Morgan fingerprint density at radius 1 is 0.820 bits per heavy atom. The lowest BCUT2D eigenvalue weighted by molar-refractivity contribution is -0.160. The lowest BCUT2D eigenvalue weighted by Crippen LogP contribution is -2.46. The van der Waals surface area contributed by atoms with Gasteiger partial charge in [-0.3, -0.25) is 14.4 Å². The largest absolute Gasteiger partial charge is 0.496 e. The number of aromatic nitrogens is 1. The molecule has 0 bridgehead atoms.